The molecule has 6 heteroatoms. The van der Waals surface area contributed by atoms with Crippen LogP contribution in [-0.4, -0.2) is 36.2 Å². The topological polar surface area (TPSA) is 65.4 Å². The van der Waals surface area contributed by atoms with E-state index in [4.69, 9.17) is 9.47 Å². The van der Waals surface area contributed by atoms with Crippen LogP contribution in [0.5, 0.6) is 11.5 Å². The van der Waals surface area contributed by atoms with E-state index in [0.29, 0.717) is 30.2 Å². The molecule has 0 spiro atoms. The second-order valence-electron chi connectivity index (χ2n) is 6.06. The summed E-state index contributed by atoms with van der Waals surface area (Å²) in [6, 6.07) is 11.4. The molecule has 0 aliphatic heterocycles. The normalized spacial score (nSPS) is 10.8. The number of fused-ring (bicyclic) bond motifs is 1. The van der Waals surface area contributed by atoms with E-state index in [1.54, 1.807) is 26.4 Å². The maximum atomic E-state index is 12.5. The molecule has 0 saturated heterocycles. The average molecular weight is 353 g/mol. The Morgan fingerprint density at radius 3 is 2.42 bits per heavy atom. The van der Waals surface area contributed by atoms with Crippen molar-refractivity contribution in [2.24, 2.45) is 0 Å². The maximum Gasteiger partial charge on any atom is 0.251 e. The van der Waals surface area contributed by atoms with Gasteiger partial charge in [0.1, 0.15) is 17.3 Å². The first-order valence-corrected chi connectivity index (χ1v) is 8.48. The molecule has 6 nitrogen and oxygen atoms in total. The number of carbonyl (C=O) groups excluding carboxylic acids is 1. The van der Waals surface area contributed by atoms with Crippen molar-refractivity contribution in [2.75, 3.05) is 20.8 Å². The number of imidazole rings is 1. The molecule has 0 saturated carbocycles. The second kappa shape index (κ2) is 7.47. The highest BCUT2D eigenvalue weighted by Gasteiger charge is 2.14. The molecule has 0 fully saturated rings. The van der Waals surface area contributed by atoms with E-state index in [-0.39, 0.29) is 5.91 Å². The van der Waals surface area contributed by atoms with Gasteiger partial charge >= 0.3 is 0 Å². The molecule has 0 bridgehead atoms. The first-order valence-electron chi connectivity index (χ1n) is 8.48. The Morgan fingerprint density at radius 1 is 1.12 bits per heavy atom. The highest BCUT2D eigenvalue weighted by molar-refractivity contribution is 5.95. The number of rotatable bonds is 6. The molecule has 0 atom stereocenters. The van der Waals surface area contributed by atoms with Gasteiger partial charge in [0.25, 0.3) is 5.91 Å². The third kappa shape index (κ3) is 3.35. The Labute approximate surface area is 152 Å². The fraction of sp³-hybridized carbons (Fsp3) is 0.300. The Balaban J connectivity index is 1.72. The van der Waals surface area contributed by atoms with Crippen molar-refractivity contribution in [1.29, 1.82) is 0 Å². The molecule has 26 heavy (non-hydrogen) atoms. The van der Waals surface area contributed by atoms with Gasteiger partial charge in [0.15, 0.2) is 0 Å². The molecular weight excluding hydrogens is 330 g/mol. The third-order valence-corrected chi connectivity index (χ3v) is 4.48. The van der Waals surface area contributed by atoms with E-state index >= 15 is 0 Å². The van der Waals surface area contributed by atoms with E-state index in [1.165, 1.54) is 0 Å². The number of aromatic nitrogens is 2. The Morgan fingerprint density at radius 2 is 1.77 bits per heavy atom. The summed E-state index contributed by atoms with van der Waals surface area (Å²) in [4.78, 5) is 17.1. The second-order valence-corrected chi connectivity index (χ2v) is 6.06. The first-order chi connectivity index (χ1) is 12.5. The van der Waals surface area contributed by atoms with E-state index < -0.39 is 0 Å². The summed E-state index contributed by atoms with van der Waals surface area (Å²) in [5.74, 6) is 2.03. The quantitative estimate of drug-likeness (QED) is 0.739. The molecule has 3 aromatic rings. The predicted molar refractivity (Wildman–Crippen MR) is 101 cm³/mol. The lowest BCUT2D eigenvalue weighted by atomic mass is 10.1. The van der Waals surface area contributed by atoms with Gasteiger partial charge < -0.3 is 19.4 Å². The van der Waals surface area contributed by atoms with Crippen molar-refractivity contribution in [3.05, 3.63) is 53.3 Å². The molecule has 1 aromatic heterocycles. The zero-order valence-electron chi connectivity index (χ0n) is 15.5. The summed E-state index contributed by atoms with van der Waals surface area (Å²) in [5, 5.41) is 2.95. The molecular formula is C20H23N3O3. The number of nitrogens with one attached hydrogen (secondary N) is 1. The Kier molecular flexibility index (Phi) is 5.11. The van der Waals surface area contributed by atoms with Crippen LogP contribution >= 0.6 is 0 Å². The zero-order chi connectivity index (χ0) is 18.7. The van der Waals surface area contributed by atoms with E-state index in [1.807, 2.05) is 38.1 Å². The molecule has 1 N–H and O–H groups in total. The van der Waals surface area contributed by atoms with Crippen LogP contribution in [0, 0.1) is 13.8 Å². The van der Waals surface area contributed by atoms with Gasteiger partial charge in [-0.25, -0.2) is 4.98 Å². The van der Waals surface area contributed by atoms with Gasteiger partial charge in [0, 0.05) is 24.2 Å². The highest BCUT2D eigenvalue weighted by atomic mass is 16.5. The number of hydrogen-bond acceptors (Lipinski definition) is 4. The number of carbonyl (C=O) groups is 1. The van der Waals surface area contributed by atoms with Gasteiger partial charge in [-0.1, -0.05) is 12.1 Å². The van der Waals surface area contributed by atoms with Gasteiger partial charge in [0.2, 0.25) is 0 Å². The monoisotopic (exact) mass is 353 g/mol. The van der Waals surface area contributed by atoms with Crippen LogP contribution in [0.15, 0.2) is 36.4 Å². The van der Waals surface area contributed by atoms with Gasteiger partial charge in [-0.2, -0.15) is 0 Å². The Hall–Kier alpha value is -3.02. The fourth-order valence-corrected chi connectivity index (χ4v) is 3.08. The summed E-state index contributed by atoms with van der Waals surface area (Å²) >= 11 is 0. The van der Waals surface area contributed by atoms with Crippen LogP contribution in [0.3, 0.4) is 0 Å². The van der Waals surface area contributed by atoms with Crippen LogP contribution < -0.4 is 14.8 Å². The predicted octanol–water partition coefficient (Wildman–Crippen LogP) is 3.10. The molecule has 0 aliphatic rings. The lowest BCUT2D eigenvalue weighted by Gasteiger charge is -2.13. The van der Waals surface area contributed by atoms with Crippen molar-refractivity contribution >= 4 is 16.9 Å². The molecule has 0 unspecified atom stereocenters. The van der Waals surface area contributed by atoms with Crippen LogP contribution in [-0.2, 0) is 6.54 Å². The number of methoxy groups -OCH3 is 2. The van der Waals surface area contributed by atoms with Crippen molar-refractivity contribution < 1.29 is 14.3 Å². The molecule has 1 heterocycles. The first kappa shape index (κ1) is 17.8. The number of ether oxygens (including phenoxy) is 2. The third-order valence-electron chi connectivity index (χ3n) is 4.48. The number of para-hydroxylation sites is 2. The molecule has 3 rings (SSSR count). The van der Waals surface area contributed by atoms with Crippen molar-refractivity contribution in [3.8, 4) is 11.5 Å². The fourth-order valence-electron chi connectivity index (χ4n) is 3.08. The summed E-state index contributed by atoms with van der Waals surface area (Å²) in [5.41, 5.74) is 3.41. The average Bonchev–Trinajstić information content (AvgIpc) is 2.97. The van der Waals surface area contributed by atoms with Crippen molar-refractivity contribution in [3.63, 3.8) is 0 Å². The van der Waals surface area contributed by atoms with Gasteiger partial charge in [0.05, 0.1) is 25.3 Å². The van der Waals surface area contributed by atoms with Crippen LogP contribution in [0.4, 0.5) is 0 Å². The SMILES string of the molecule is COc1cc(C(=O)NCCn2c(C)nc3ccccc32)cc(OC)c1C. The molecule has 0 aliphatic carbocycles. The standard InChI is InChI=1S/C20H23N3O3/c1-13-18(25-3)11-15(12-19(13)26-4)20(24)21-9-10-23-14(2)22-16-7-5-6-8-17(16)23/h5-8,11-12H,9-10H2,1-4H3,(H,21,24). The van der Waals surface area contributed by atoms with Crippen LogP contribution in [0.25, 0.3) is 11.0 Å². The minimum atomic E-state index is -0.163. The summed E-state index contributed by atoms with van der Waals surface area (Å²) in [6.07, 6.45) is 0. The highest BCUT2D eigenvalue weighted by Crippen LogP contribution is 2.29. The molecule has 0 radical (unpaired) electrons. The molecule has 1 amide bonds. The number of amides is 1. The minimum absolute atomic E-state index is 0.163. The summed E-state index contributed by atoms with van der Waals surface area (Å²) < 4.78 is 12.8. The van der Waals surface area contributed by atoms with Crippen molar-refractivity contribution in [1.82, 2.24) is 14.9 Å². The van der Waals surface area contributed by atoms with E-state index in [9.17, 15) is 4.79 Å². The van der Waals surface area contributed by atoms with Gasteiger partial charge in [-0.3, -0.25) is 4.79 Å². The largest absolute Gasteiger partial charge is 0.496 e. The number of aryl methyl sites for hydroxylation is 1. The lowest BCUT2D eigenvalue weighted by Crippen LogP contribution is -2.27. The van der Waals surface area contributed by atoms with Gasteiger partial charge in [-0.05, 0) is 38.1 Å². The van der Waals surface area contributed by atoms with Crippen LogP contribution in [0.2, 0.25) is 0 Å². The smallest absolute Gasteiger partial charge is 0.251 e. The number of nitrogens with zero attached hydrogens (tertiary/aromatic N) is 2. The minimum Gasteiger partial charge on any atom is -0.496 e. The van der Waals surface area contributed by atoms with E-state index in [0.717, 1.165) is 22.4 Å². The molecule has 136 valence electrons. The lowest BCUT2D eigenvalue weighted by molar-refractivity contribution is 0.0951. The zero-order valence-corrected chi connectivity index (χ0v) is 15.5. The Bertz CT molecular complexity index is 922. The van der Waals surface area contributed by atoms with Gasteiger partial charge in [-0.15, -0.1) is 0 Å². The van der Waals surface area contributed by atoms with E-state index in [2.05, 4.69) is 14.9 Å². The summed E-state index contributed by atoms with van der Waals surface area (Å²) in [7, 11) is 3.16. The van der Waals surface area contributed by atoms with Crippen LogP contribution in [0.1, 0.15) is 21.7 Å². The maximum absolute atomic E-state index is 12.5. The molecule has 2 aromatic carbocycles. The summed E-state index contributed by atoms with van der Waals surface area (Å²) in [6.45, 7) is 5.01. The number of benzene rings is 2. The number of hydrogen-bond donors (Lipinski definition) is 1. The van der Waals surface area contributed by atoms with Crippen molar-refractivity contribution in [2.45, 2.75) is 20.4 Å².